The molecular weight excluding hydrogens is 272 g/mol. The van der Waals surface area contributed by atoms with E-state index in [0.717, 1.165) is 31.6 Å². The van der Waals surface area contributed by atoms with Crippen LogP contribution in [0.2, 0.25) is 0 Å². The molecule has 1 aromatic carbocycles. The van der Waals surface area contributed by atoms with Gasteiger partial charge in [0.05, 0.1) is 0 Å². The van der Waals surface area contributed by atoms with Crippen molar-refractivity contribution in [3.8, 4) is 5.75 Å². The molecule has 22 heavy (non-hydrogen) atoms. The van der Waals surface area contributed by atoms with Gasteiger partial charge in [-0.2, -0.15) is 0 Å². The van der Waals surface area contributed by atoms with Gasteiger partial charge in [0.15, 0.2) is 0 Å². The molecule has 0 spiro atoms. The number of benzene rings is 1. The molecule has 2 nitrogen and oxygen atoms in total. The highest BCUT2D eigenvalue weighted by Gasteiger charge is 2.47. The highest BCUT2D eigenvalue weighted by atomic mass is 16.3. The molecule has 2 saturated carbocycles. The number of hydrogen-bond donors (Lipinski definition) is 1. The van der Waals surface area contributed by atoms with Crippen LogP contribution in [0.15, 0.2) is 24.3 Å². The monoisotopic (exact) mass is 300 g/mol. The first kappa shape index (κ1) is 15.6. The molecule has 0 radical (unpaired) electrons. The number of Topliss-reactive ketones (excluding diaryl/α,β-unsaturated/α-hetero) is 1. The summed E-state index contributed by atoms with van der Waals surface area (Å²) in [5.41, 5.74) is 1.57. The minimum Gasteiger partial charge on any atom is -0.508 e. The van der Waals surface area contributed by atoms with Crippen LogP contribution in [0.25, 0.3) is 0 Å². The molecule has 1 N–H and O–H groups in total. The Bertz CT molecular complexity index is 523. The molecule has 0 aliphatic heterocycles. The highest BCUT2D eigenvalue weighted by Crippen LogP contribution is 2.53. The smallest absolute Gasteiger partial charge is 0.132 e. The molecular formula is C20H28O2. The second kappa shape index (κ2) is 6.06. The van der Waals surface area contributed by atoms with Crippen molar-refractivity contribution in [1.82, 2.24) is 0 Å². The van der Waals surface area contributed by atoms with Gasteiger partial charge < -0.3 is 5.11 Å². The van der Waals surface area contributed by atoms with Crippen LogP contribution in [-0.2, 0) is 10.2 Å². The number of carbonyl (C=O) groups excluding carboxylic acids is 1. The lowest BCUT2D eigenvalue weighted by Gasteiger charge is -2.51. The molecule has 2 heteroatoms. The van der Waals surface area contributed by atoms with Crippen molar-refractivity contribution in [2.75, 3.05) is 0 Å². The van der Waals surface area contributed by atoms with E-state index in [0.29, 0.717) is 23.4 Å². The van der Waals surface area contributed by atoms with Gasteiger partial charge in [-0.25, -0.2) is 0 Å². The minimum absolute atomic E-state index is 0.195. The zero-order chi connectivity index (χ0) is 15.7. The summed E-state index contributed by atoms with van der Waals surface area (Å²) in [4.78, 5) is 11.7. The van der Waals surface area contributed by atoms with E-state index in [1.54, 1.807) is 0 Å². The van der Waals surface area contributed by atoms with E-state index in [2.05, 4.69) is 26.0 Å². The summed E-state index contributed by atoms with van der Waals surface area (Å²) in [7, 11) is 0. The zero-order valence-electron chi connectivity index (χ0n) is 13.8. The van der Waals surface area contributed by atoms with E-state index >= 15 is 0 Å². The number of phenolic OH excluding ortho intramolecular Hbond substituents is 1. The van der Waals surface area contributed by atoms with Crippen LogP contribution in [-0.4, -0.2) is 10.9 Å². The molecule has 2 aliphatic rings. The van der Waals surface area contributed by atoms with Gasteiger partial charge in [-0.15, -0.1) is 0 Å². The van der Waals surface area contributed by atoms with Crippen LogP contribution >= 0.6 is 0 Å². The quantitative estimate of drug-likeness (QED) is 0.848. The zero-order valence-corrected chi connectivity index (χ0v) is 13.8. The molecule has 2 aliphatic carbocycles. The fourth-order valence-electron chi connectivity index (χ4n) is 5.16. The van der Waals surface area contributed by atoms with Crippen LogP contribution in [0, 0.1) is 17.8 Å². The molecule has 0 saturated heterocycles. The van der Waals surface area contributed by atoms with Gasteiger partial charge in [0, 0.05) is 18.3 Å². The number of phenols is 1. The third kappa shape index (κ3) is 2.68. The number of rotatable bonds is 2. The fourth-order valence-corrected chi connectivity index (χ4v) is 5.16. The van der Waals surface area contributed by atoms with Gasteiger partial charge in [0.1, 0.15) is 11.5 Å². The first-order chi connectivity index (χ1) is 10.5. The Morgan fingerprint density at radius 2 is 1.68 bits per heavy atom. The molecule has 3 atom stereocenters. The van der Waals surface area contributed by atoms with Crippen molar-refractivity contribution >= 4 is 5.78 Å². The van der Waals surface area contributed by atoms with E-state index in [-0.39, 0.29) is 5.41 Å². The van der Waals surface area contributed by atoms with Crippen molar-refractivity contribution in [3.05, 3.63) is 29.8 Å². The average Bonchev–Trinajstić information content (AvgIpc) is 2.50. The Morgan fingerprint density at radius 1 is 1.05 bits per heavy atom. The second-order valence-corrected chi connectivity index (χ2v) is 7.68. The summed E-state index contributed by atoms with van der Waals surface area (Å²) < 4.78 is 0. The lowest BCUT2D eigenvalue weighted by molar-refractivity contribution is -0.122. The maximum Gasteiger partial charge on any atom is 0.132 e. The minimum atomic E-state index is 0.195. The molecule has 0 heterocycles. The SMILES string of the molecule is CC1CCC(c2ccc(O)cc2)(C2CCC(=O)CC2)C(C)C1. The van der Waals surface area contributed by atoms with Crippen molar-refractivity contribution in [2.45, 2.75) is 64.2 Å². The summed E-state index contributed by atoms with van der Waals surface area (Å²) in [5, 5.41) is 9.65. The van der Waals surface area contributed by atoms with E-state index in [9.17, 15) is 9.90 Å². The lowest BCUT2D eigenvalue weighted by atomic mass is 9.53. The van der Waals surface area contributed by atoms with E-state index in [4.69, 9.17) is 0 Å². The second-order valence-electron chi connectivity index (χ2n) is 7.68. The van der Waals surface area contributed by atoms with Crippen molar-refractivity contribution in [2.24, 2.45) is 17.8 Å². The van der Waals surface area contributed by atoms with Gasteiger partial charge in [0.2, 0.25) is 0 Å². The van der Waals surface area contributed by atoms with Crippen molar-refractivity contribution in [3.63, 3.8) is 0 Å². The van der Waals surface area contributed by atoms with Gasteiger partial charge in [0.25, 0.3) is 0 Å². The van der Waals surface area contributed by atoms with Crippen LogP contribution in [0.1, 0.15) is 64.4 Å². The standard InChI is InChI=1S/C20H28O2/c1-14-11-12-20(15(2)13-14,16-3-7-18(21)8-4-16)17-5-9-19(22)10-6-17/h3-4,7-8,14-15,17,21H,5-6,9-13H2,1-2H3. The normalized spacial score (nSPS) is 33.8. The Kier molecular flexibility index (Phi) is 4.29. The van der Waals surface area contributed by atoms with Gasteiger partial charge >= 0.3 is 0 Å². The molecule has 3 rings (SSSR count). The van der Waals surface area contributed by atoms with Crippen LogP contribution in [0.5, 0.6) is 5.75 Å². The number of aromatic hydroxyl groups is 1. The van der Waals surface area contributed by atoms with E-state index < -0.39 is 0 Å². The summed E-state index contributed by atoms with van der Waals surface area (Å²) in [6.45, 7) is 4.76. The number of carbonyl (C=O) groups is 1. The van der Waals surface area contributed by atoms with Crippen LogP contribution in [0.3, 0.4) is 0 Å². The van der Waals surface area contributed by atoms with E-state index in [1.165, 1.54) is 24.8 Å². The Hall–Kier alpha value is -1.31. The third-order valence-electron chi connectivity index (χ3n) is 6.36. The topological polar surface area (TPSA) is 37.3 Å². The summed E-state index contributed by atoms with van der Waals surface area (Å²) >= 11 is 0. The Balaban J connectivity index is 1.98. The first-order valence-corrected chi connectivity index (χ1v) is 8.83. The largest absolute Gasteiger partial charge is 0.508 e. The molecule has 3 unspecified atom stereocenters. The predicted molar refractivity (Wildman–Crippen MR) is 88.9 cm³/mol. The lowest BCUT2D eigenvalue weighted by Crippen LogP contribution is -2.46. The van der Waals surface area contributed by atoms with Crippen LogP contribution < -0.4 is 0 Å². The van der Waals surface area contributed by atoms with Gasteiger partial charge in [-0.3, -0.25) is 4.79 Å². The van der Waals surface area contributed by atoms with Crippen LogP contribution in [0.4, 0.5) is 0 Å². The molecule has 0 bridgehead atoms. The average molecular weight is 300 g/mol. The summed E-state index contributed by atoms with van der Waals surface area (Å²) in [6, 6.07) is 7.90. The first-order valence-electron chi connectivity index (χ1n) is 8.83. The predicted octanol–water partition coefficient (Wildman–Crippen LogP) is 4.85. The number of hydrogen-bond acceptors (Lipinski definition) is 2. The summed E-state index contributed by atoms with van der Waals surface area (Å²) in [6.07, 6.45) is 7.36. The molecule has 0 aromatic heterocycles. The molecule has 120 valence electrons. The summed E-state index contributed by atoms with van der Waals surface area (Å²) in [5.74, 6) is 2.82. The Morgan fingerprint density at radius 3 is 2.27 bits per heavy atom. The fraction of sp³-hybridized carbons (Fsp3) is 0.650. The van der Waals surface area contributed by atoms with Gasteiger partial charge in [-0.1, -0.05) is 26.0 Å². The van der Waals surface area contributed by atoms with Gasteiger partial charge in [-0.05, 0) is 67.6 Å². The van der Waals surface area contributed by atoms with Crippen molar-refractivity contribution in [1.29, 1.82) is 0 Å². The maximum atomic E-state index is 11.7. The van der Waals surface area contributed by atoms with E-state index in [1.807, 2.05) is 12.1 Å². The molecule has 0 amide bonds. The third-order valence-corrected chi connectivity index (χ3v) is 6.36. The number of ketones is 1. The molecule has 1 aromatic rings. The maximum absolute atomic E-state index is 11.7. The molecule has 2 fully saturated rings. The Labute approximate surface area is 133 Å². The van der Waals surface area contributed by atoms with Crippen molar-refractivity contribution < 1.29 is 9.90 Å². The highest BCUT2D eigenvalue weighted by molar-refractivity contribution is 5.79.